The molecule has 3 rings (SSSR count). The topological polar surface area (TPSA) is 109 Å². The van der Waals surface area contributed by atoms with Gasteiger partial charge in [0, 0.05) is 37.9 Å². The molecule has 1 aromatic rings. The smallest absolute Gasteiger partial charge is 0.409 e. The fourth-order valence-corrected chi connectivity index (χ4v) is 3.29. The molecule has 0 saturated carbocycles. The maximum absolute atomic E-state index is 12.3. The van der Waals surface area contributed by atoms with E-state index in [1.54, 1.807) is 23.1 Å². The first-order valence-electron chi connectivity index (χ1n) is 10.6. The average molecular weight is 434 g/mol. The summed E-state index contributed by atoms with van der Waals surface area (Å²) in [6, 6.07) is 4.43. The summed E-state index contributed by atoms with van der Waals surface area (Å²) in [5, 5.41) is 4.96. The highest BCUT2D eigenvalue weighted by Crippen LogP contribution is 2.32. The zero-order valence-corrected chi connectivity index (χ0v) is 18.0. The predicted molar refractivity (Wildman–Crippen MR) is 113 cm³/mol. The molecule has 0 spiro atoms. The number of hydrogen-bond acceptors (Lipinski definition) is 7. The third-order valence-corrected chi connectivity index (χ3v) is 4.81. The molecule has 0 bridgehead atoms. The van der Waals surface area contributed by atoms with E-state index in [0.29, 0.717) is 63.2 Å². The van der Waals surface area contributed by atoms with Crippen LogP contribution in [0.4, 0.5) is 15.3 Å². The van der Waals surface area contributed by atoms with Crippen LogP contribution in [-0.2, 0) is 9.53 Å². The minimum atomic E-state index is -0.615. The number of amides is 4. The molecule has 1 fully saturated rings. The summed E-state index contributed by atoms with van der Waals surface area (Å²) in [5.41, 5.74) is 0.500. The summed E-state index contributed by atoms with van der Waals surface area (Å²) in [4.78, 5) is 40.2. The van der Waals surface area contributed by atoms with Gasteiger partial charge in [-0.05, 0) is 24.5 Å². The molecule has 10 nitrogen and oxygen atoms in total. The molecule has 0 atom stereocenters. The number of hydrogen-bond donors (Lipinski definition) is 2. The van der Waals surface area contributed by atoms with Crippen molar-refractivity contribution >= 4 is 23.7 Å². The second kappa shape index (κ2) is 10.9. The predicted octanol–water partition coefficient (Wildman–Crippen LogP) is 1.91. The minimum Gasteiger partial charge on any atom is -0.486 e. The standard InChI is InChI=1S/C21H30N4O6/c1-15(2)14-31-21(28)25-7-3-6-24(8-9-25)13-19(26)23-20(27)22-16-4-5-17-18(12-16)30-11-10-29-17/h4-5,12,15H,3,6-11,13-14H2,1-2H3,(H2,22,23,26,27). The number of anilines is 1. The Bertz CT molecular complexity index is 800. The first-order chi connectivity index (χ1) is 14.9. The van der Waals surface area contributed by atoms with Gasteiger partial charge in [-0.3, -0.25) is 15.0 Å². The van der Waals surface area contributed by atoms with Gasteiger partial charge in [-0.2, -0.15) is 0 Å². The number of imide groups is 1. The van der Waals surface area contributed by atoms with E-state index in [0.717, 1.165) is 6.42 Å². The first-order valence-corrected chi connectivity index (χ1v) is 10.6. The molecule has 0 unspecified atom stereocenters. The fraction of sp³-hybridized carbons (Fsp3) is 0.571. The van der Waals surface area contributed by atoms with Crippen LogP contribution in [0, 0.1) is 5.92 Å². The van der Waals surface area contributed by atoms with E-state index in [4.69, 9.17) is 14.2 Å². The van der Waals surface area contributed by atoms with Crippen molar-refractivity contribution in [1.29, 1.82) is 0 Å². The van der Waals surface area contributed by atoms with Crippen molar-refractivity contribution in [2.45, 2.75) is 20.3 Å². The third kappa shape index (κ3) is 7.02. The van der Waals surface area contributed by atoms with Crippen LogP contribution in [0.15, 0.2) is 18.2 Å². The lowest BCUT2D eigenvalue weighted by Crippen LogP contribution is -2.43. The molecule has 2 aliphatic rings. The third-order valence-electron chi connectivity index (χ3n) is 4.81. The Labute approximate surface area is 181 Å². The van der Waals surface area contributed by atoms with Crippen molar-refractivity contribution in [3.63, 3.8) is 0 Å². The largest absolute Gasteiger partial charge is 0.486 e. The summed E-state index contributed by atoms with van der Waals surface area (Å²) in [6.45, 7) is 7.63. The molecular weight excluding hydrogens is 404 g/mol. The second-order valence-electron chi connectivity index (χ2n) is 7.95. The van der Waals surface area contributed by atoms with Crippen LogP contribution < -0.4 is 20.1 Å². The number of nitrogens with one attached hydrogen (secondary N) is 2. The molecule has 1 saturated heterocycles. The number of fused-ring (bicyclic) bond motifs is 1. The Morgan fingerprint density at radius 2 is 1.84 bits per heavy atom. The molecule has 170 valence electrons. The summed E-state index contributed by atoms with van der Waals surface area (Å²) in [6.07, 6.45) is 0.409. The number of nitrogens with zero attached hydrogens (tertiary/aromatic N) is 2. The van der Waals surface area contributed by atoms with Crippen molar-refractivity contribution in [2.75, 3.05) is 57.9 Å². The normalized spacial score (nSPS) is 16.4. The second-order valence-corrected chi connectivity index (χ2v) is 7.95. The van der Waals surface area contributed by atoms with Crippen LogP contribution in [0.2, 0.25) is 0 Å². The molecule has 31 heavy (non-hydrogen) atoms. The molecule has 0 aromatic heterocycles. The van der Waals surface area contributed by atoms with Gasteiger partial charge < -0.3 is 24.4 Å². The number of benzene rings is 1. The number of urea groups is 1. The number of ether oxygens (including phenoxy) is 3. The van der Waals surface area contributed by atoms with Crippen LogP contribution in [0.5, 0.6) is 11.5 Å². The molecule has 4 amide bonds. The summed E-state index contributed by atoms with van der Waals surface area (Å²) >= 11 is 0. The van der Waals surface area contributed by atoms with Crippen LogP contribution >= 0.6 is 0 Å². The van der Waals surface area contributed by atoms with Crippen LogP contribution in [-0.4, -0.2) is 80.4 Å². The highest BCUT2D eigenvalue weighted by atomic mass is 16.6. The van der Waals surface area contributed by atoms with Gasteiger partial charge in [0.1, 0.15) is 13.2 Å². The Morgan fingerprint density at radius 3 is 2.61 bits per heavy atom. The van der Waals surface area contributed by atoms with E-state index in [1.165, 1.54) is 0 Å². The van der Waals surface area contributed by atoms with Gasteiger partial charge >= 0.3 is 12.1 Å². The van der Waals surface area contributed by atoms with Crippen LogP contribution in [0.3, 0.4) is 0 Å². The van der Waals surface area contributed by atoms with Crippen molar-refractivity contribution in [2.24, 2.45) is 5.92 Å². The van der Waals surface area contributed by atoms with E-state index in [-0.39, 0.29) is 18.6 Å². The minimum absolute atomic E-state index is 0.0729. The molecular formula is C21H30N4O6. The maximum Gasteiger partial charge on any atom is 0.409 e. The lowest BCUT2D eigenvalue weighted by molar-refractivity contribution is -0.121. The zero-order chi connectivity index (χ0) is 22.2. The van der Waals surface area contributed by atoms with Crippen LogP contribution in [0.1, 0.15) is 20.3 Å². The van der Waals surface area contributed by atoms with E-state index in [2.05, 4.69) is 10.6 Å². The van der Waals surface area contributed by atoms with Gasteiger partial charge in [0.05, 0.1) is 13.2 Å². The van der Waals surface area contributed by atoms with Crippen molar-refractivity contribution < 1.29 is 28.6 Å². The Kier molecular flexibility index (Phi) is 7.94. The van der Waals surface area contributed by atoms with Crippen molar-refractivity contribution in [1.82, 2.24) is 15.1 Å². The van der Waals surface area contributed by atoms with E-state index in [9.17, 15) is 14.4 Å². The molecule has 2 aliphatic heterocycles. The first kappa shape index (κ1) is 22.7. The highest BCUT2D eigenvalue weighted by molar-refractivity contribution is 6.01. The van der Waals surface area contributed by atoms with Gasteiger partial charge in [0.25, 0.3) is 0 Å². The lowest BCUT2D eigenvalue weighted by atomic mass is 10.2. The molecule has 0 radical (unpaired) electrons. The summed E-state index contributed by atoms with van der Waals surface area (Å²) < 4.78 is 16.2. The van der Waals surface area contributed by atoms with E-state index < -0.39 is 11.9 Å². The SMILES string of the molecule is CC(C)COC(=O)N1CCCN(CC(=O)NC(=O)Nc2ccc3c(c2)OCCO3)CC1. The van der Waals surface area contributed by atoms with Gasteiger partial charge in [0.15, 0.2) is 11.5 Å². The average Bonchev–Trinajstić information content (AvgIpc) is 2.97. The number of rotatable bonds is 5. The zero-order valence-electron chi connectivity index (χ0n) is 18.0. The van der Waals surface area contributed by atoms with E-state index >= 15 is 0 Å². The molecule has 0 aliphatic carbocycles. The van der Waals surface area contributed by atoms with Gasteiger partial charge in [0.2, 0.25) is 5.91 Å². The maximum atomic E-state index is 12.3. The molecule has 2 heterocycles. The number of carbonyl (C=O) groups excluding carboxylic acids is 3. The van der Waals surface area contributed by atoms with Crippen LogP contribution in [0.25, 0.3) is 0 Å². The molecule has 2 N–H and O–H groups in total. The fourth-order valence-electron chi connectivity index (χ4n) is 3.29. The Morgan fingerprint density at radius 1 is 1.06 bits per heavy atom. The molecule has 10 heteroatoms. The summed E-state index contributed by atoms with van der Waals surface area (Å²) in [5.74, 6) is 1.04. The summed E-state index contributed by atoms with van der Waals surface area (Å²) in [7, 11) is 0. The van der Waals surface area contributed by atoms with E-state index in [1.807, 2.05) is 18.7 Å². The van der Waals surface area contributed by atoms with Gasteiger partial charge in [-0.1, -0.05) is 13.8 Å². The lowest BCUT2D eigenvalue weighted by Gasteiger charge is -2.21. The Balaban J connectivity index is 1.42. The van der Waals surface area contributed by atoms with Gasteiger partial charge in [-0.25, -0.2) is 9.59 Å². The van der Waals surface area contributed by atoms with Crippen molar-refractivity contribution in [3.05, 3.63) is 18.2 Å². The molecule has 1 aromatic carbocycles. The van der Waals surface area contributed by atoms with Crippen molar-refractivity contribution in [3.8, 4) is 11.5 Å². The number of carbonyl (C=O) groups is 3. The van der Waals surface area contributed by atoms with Gasteiger partial charge in [-0.15, -0.1) is 0 Å². The quantitative estimate of drug-likeness (QED) is 0.728. The Hall–Kier alpha value is -3.01. The highest BCUT2D eigenvalue weighted by Gasteiger charge is 2.22. The monoisotopic (exact) mass is 434 g/mol.